The Morgan fingerprint density at radius 3 is 2.91 bits per heavy atom. The van der Waals surface area contributed by atoms with E-state index in [1.54, 1.807) is 18.2 Å². The molecule has 120 valence electrons. The van der Waals surface area contributed by atoms with E-state index in [1.807, 2.05) is 0 Å². The number of carbonyl (C=O) groups excluding carboxylic acids is 1. The number of ether oxygens (including phenoxy) is 1. The monoisotopic (exact) mass is 322 g/mol. The molecule has 22 heavy (non-hydrogen) atoms. The summed E-state index contributed by atoms with van der Waals surface area (Å²) >= 11 is 6.06. The van der Waals surface area contributed by atoms with Gasteiger partial charge in [-0.2, -0.15) is 0 Å². The number of nitrogens with one attached hydrogen (secondary N) is 2. The van der Waals surface area contributed by atoms with Gasteiger partial charge in [-0.25, -0.2) is 0 Å². The molecule has 1 amide bonds. The lowest BCUT2D eigenvalue weighted by Gasteiger charge is -2.22. The fourth-order valence-corrected chi connectivity index (χ4v) is 3.46. The summed E-state index contributed by atoms with van der Waals surface area (Å²) in [7, 11) is 0. The molecule has 0 spiro atoms. The Balaban J connectivity index is 1.71. The second-order valence-corrected chi connectivity index (χ2v) is 7.14. The van der Waals surface area contributed by atoms with Crippen molar-refractivity contribution in [2.24, 2.45) is 5.92 Å². The van der Waals surface area contributed by atoms with Crippen LogP contribution in [0, 0.1) is 5.92 Å². The minimum atomic E-state index is -0.0967. The third-order valence-corrected chi connectivity index (χ3v) is 4.61. The predicted octanol–water partition coefficient (Wildman–Crippen LogP) is 3.00. The first-order valence-corrected chi connectivity index (χ1v) is 8.40. The molecular weight excluding hydrogens is 300 g/mol. The first-order valence-electron chi connectivity index (χ1n) is 8.02. The van der Waals surface area contributed by atoms with Crippen LogP contribution in [0.15, 0.2) is 18.2 Å². The van der Waals surface area contributed by atoms with Crippen molar-refractivity contribution in [3.8, 4) is 5.75 Å². The standard InChI is InChI=1S/C17H23ClN2O2/c1-10(2)9-22-16-6-3-11(18)7-13(16)17(21)20-15-8-12-4-5-14(15)19-12/h3,6-7,10,12,14-15,19H,4-5,8-9H2,1-2H3,(H,20,21)/t12-,14+,15-/m1/s1. The van der Waals surface area contributed by atoms with Gasteiger partial charge in [-0.05, 0) is 43.4 Å². The zero-order valence-corrected chi connectivity index (χ0v) is 13.8. The molecule has 2 bridgehead atoms. The third kappa shape index (κ3) is 3.39. The largest absolute Gasteiger partial charge is 0.492 e. The molecule has 0 unspecified atom stereocenters. The van der Waals surface area contributed by atoms with Gasteiger partial charge in [-0.3, -0.25) is 4.79 Å². The number of hydrogen-bond acceptors (Lipinski definition) is 3. The molecule has 2 N–H and O–H groups in total. The van der Waals surface area contributed by atoms with Crippen molar-refractivity contribution in [3.05, 3.63) is 28.8 Å². The number of fused-ring (bicyclic) bond motifs is 2. The maximum absolute atomic E-state index is 12.6. The van der Waals surface area contributed by atoms with Gasteiger partial charge in [0.15, 0.2) is 0 Å². The molecule has 3 atom stereocenters. The average molecular weight is 323 g/mol. The van der Waals surface area contributed by atoms with Crippen molar-refractivity contribution in [2.45, 2.75) is 51.2 Å². The minimum Gasteiger partial charge on any atom is -0.492 e. The number of carbonyl (C=O) groups is 1. The Hall–Kier alpha value is -1.26. The molecule has 0 saturated carbocycles. The van der Waals surface area contributed by atoms with Crippen LogP contribution in [0.4, 0.5) is 0 Å². The van der Waals surface area contributed by atoms with Crippen molar-refractivity contribution in [2.75, 3.05) is 6.61 Å². The Bertz CT molecular complexity index is 562. The van der Waals surface area contributed by atoms with Crippen molar-refractivity contribution in [1.82, 2.24) is 10.6 Å². The number of hydrogen-bond donors (Lipinski definition) is 2. The van der Waals surface area contributed by atoms with E-state index >= 15 is 0 Å². The molecular formula is C17H23ClN2O2. The van der Waals surface area contributed by atoms with Gasteiger partial charge in [-0.15, -0.1) is 0 Å². The molecule has 3 rings (SSSR count). The highest BCUT2D eigenvalue weighted by Gasteiger charge is 2.39. The van der Waals surface area contributed by atoms with Gasteiger partial charge in [-0.1, -0.05) is 25.4 Å². The molecule has 1 aromatic carbocycles. The SMILES string of the molecule is CC(C)COc1ccc(Cl)cc1C(=O)N[C@@H]1C[C@H]2CC[C@@H]1N2. The maximum atomic E-state index is 12.6. The normalized spacial score (nSPS) is 26.5. The zero-order chi connectivity index (χ0) is 15.7. The fraction of sp³-hybridized carbons (Fsp3) is 0.588. The molecule has 2 heterocycles. The van der Waals surface area contributed by atoms with E-state index in [1.165, 1.54) is 6.42 Å². The number of halogens is 1. The third-order valence-electron chi connectivity index (χ3n) is 4.37. The summed E-state index contributed by atoms with van der Waals surface area (Å²) in [6.07, 6.45) is 3.37. The summed E-state index contributed by atoms with van der Waals surface area (Å²) in [5, 5.41) is 7.22. The van der Waals surface area contributed by atoms with E-state index in [2.05, 4.69) is 24.5 Å². The summed E-state index contributed by atoms with van der Waals surface area (Å²) in [5.74, 6) is 0.911. The lowest BCUT2D eigenvalue weighted by atomic mass is 9.95. The van der Waals surface area contributed by atoms with Gasteiger partial charge in [0.1, 0.15) is 5.75 Å². The fourth-order valence-electron chi connectivity index (χ4n) is 3.29. The van der Waals surface area contributed by atoms with Gasteiger partial charge in [0.25, 0.3) is 5.91 Å². The molecule has 2 aliphatic heterocycles. The lowest BCUT2D eigenvalue weighted by molar-refractivity contribution is 0.0926. The van der Waals surface area contributed by atoms with Crippen LogP contribution in [0.2, 0.25) is 5.02 Å². The van der Waals surface area contributed by atoms with E-state index in [9.17, 15) is 4.79 Å². The van der Waals surface area contributed by atoms with E-state index in [0.29, 0.717) is 40.9 Å². The summed E-state index contributed by atoms with van der Waals surface area (Å²) in [5.41, 5.74) is 0.524. The number of rotatable bonds is 5. The maximum Gasteiger partial charge on any atom is 0.255 e. The van der Waals surface area contributed by atoms with Gasteiger partial charge >= 0.3 is 0 Å². The second kappa shape index (κ2) is 6.47. The van der Waals surface area contributed by atoms with Crippen LogP contribution in [0.25, 0.3) is 0 Å². The van der Waals surface area contributed by atoms with Crippen LogP contribution < -0.4 is 15.4 Å². The summed E-state index contributed by atoms with van der Waals surface area (Å²) in [6, 6.07) is 6.40. The lowest BCUT2D eigenvalue weighted by Crippen LogP contribution is -2.43. The number of amides is 1. The van der Waals surface area contributed by atoms with E-state index < -0.39 is 0 Å². The smallest absolute Gasteiger partial charge is 0.255 e. The zero-order valence-electron chi connectivity index (χ0n) is 13.1. The van der Waals surface area contributed by atoms with Gasteiger partial charge in [0.2, 0.25) is 0 Å². The first kappa shape index (κ1) is 15.6. The van der Waals surface area contributed by atoms with Crippen LogP contribution >= 0.6 is 11.6 Å². The molecule has 4 nitrogen and oxygen atoms in total. The molecule has 2 fully saturated rings. The van der Waals surface area contributed by atoms with Crippen LogP contribution in [0.3, 0.4) is 0 Å². The van der Waals surface area contributed by atoms with Crippen molar-refractivity contribution >= 4 is 17.5 Å². The molecule has 0 radical (unpaired) electrons. The van der Waals surface area contributed by atoms with E-state index in [4.69, 9.17) is 16.3 Å². The van der Waals surface area contributed by atoms with Crippen LogP contribution in [-0.4, -0.2) is 30.6 Å². The van der Waals surface area contributed by atoms with Crippen molar-refractivity contribution in [3.63, 3.8) is 0 Å². The van der Waals surface area contributed by atoms with Crippen molar-refractivity contribution in [1.29, 1.82) is 0 Å². The summed E-state index contributed by atoms with van der Waals surface area (Å²) < 4.78 is 5.77. The molecule has 0 aliphatic carbocycles. The van der Waals surface area contributed by atoms with Gasteiger partial charge in [0, 0.05) is 23.1 Å². The molecule has 5 heteroatoms. The average Bonchev–Trinajstić information content (AvgIpc) is 3.08. The Kier molecular flexibility index (Phi) is 4.59. The van der Waals surface area contributed by atoms with Crippen LogP contribution in [-0.2, 0) is 0 Å². The summed E-state index contributed by atoms with van der Waals surface area (Å²) in [6.45, 7) is 4.74. The van der Waals surface area contributed by atoms with Crippen LogP contribution in [0.1, 0.15) is 43.5 Å². The highest BCUT2D eigenvalue weighted by atomic mass is 35.5. The van der Waals surface area contributed by atoms with Crippen molar-refractivity contribution < 1.29 is 9.53 Å². The summed E-state index contributed by atoms with van der Waals surface area (Å²) in [4.78, 5) is 12.6. The van der Waals surface area contributed by atoms with Gasteiger partial charge < -0.3 is 15.4 Å². The quantitative estimate of drug-likeness (QED) is 0.876. The highest BCUT2D eigenvalue weighted by Crippen LogP contribution is 2.29. The molecule has 2 aliphatic rings. The van der Waals surface area contributed by atoms with E-state index in [-0.39, 0.29) is 11.9 Å². The Morgan fingerprint density at radius 2 is 2.27 bits per heavy atom. The number of benzene rings is 1. The molecule has 1 aromatic rings. The minimum absolute atomic E-state index is 0.0967. The van der Waals surface area contributed by atoms with Crippen LogP contribution in [0.5, 0.6) is 5.75 Å². The molecule has 2 saturated heterocycles. The Labute approximate surface area is 136 Å². The van der Waals surface area contributed by atoms with E-state index in [0.717, 1.165) is 12.8 Å². The van der Waals surface area contributed by atoms with Gasteiger partial charge in [0.05, 0.1) is 12.2 Å². The first-order chi connectivity index (χ1) is 10.5. The molecule has 0 aromatic heterocycles. The predicted molar refractivity (Wildman–Crippen MR) is 87.6 cm³/mol. The second-order valence-electron chi connectivity index (χ2n) is 6.71. The Morgan fingerprint density at radius 1 is 1.45 bits per heavy atom. The topological polar surface area (TPSA) is 50.4 Å². The highest BCUT2D eigenvalue weighted by molar-refractivity contribution is 6.31.